The van der Waals surface area contributed by atoms with E-state index in [2.05, 4.69) is 5.32 Å². The Bertz CT molecular complexity index is 374. The van der Waals surface area contributed by atoms with Crippen LogP contribution in [0.1, 0.15) is 38.5 Å². The molecule has 130 valence electrons. The highest BCUT2D eigenvalue weighted by atomic mass is 35.5. The van der Waals surface area contributed by atoms with E-state index in [1.54, 1.807) is 0 Å². The summed E-state index contributed by atoms with van der Waals surface area (Å²) in [6, 6.07) is 0. The molecule has 0 radical (unpaired) electrons. The molecule has 0 bridgehead atoms. The van der Waals surface area contributed by atoms with E-state index in [-0.39, 0.29) is 31.3 Å². The van der Waals surface area contributed by atoms with Gasteiger partial charge in [0.25, 0.3) is 0 Å². The Morgan fingerprint density at radius 3 is 2.41 bits per heavy atom. The topological polar surface area (TPSA) is 64.4 Å². The lowest BCUT2D eigenvalue weighted by atomic mass is 9.78. The molecule has 3 N–H and O–H groups in total. The quantitative estimate of drug-likeness (QED) is 0.826. The number of carbonyl (C=O) groups is 1. The first kappa shape index (κ1) is 19.5. The molecule has 2 aliphatic rings. The lowest BCUT2D eigenvalue weighted by Gasteiger charge is -2.35. The van der Waals surface area contributed by atoms with E-state index in [0.29, 0.717) is 38.9 Å². The molecule has 4 nitrogen and oxygen atoms in total. The van der Waals surface area contributed by atoms with Gasteiger partial charge in [0.15, 0.2) is 0 Å². The van der Waals surface area contributed by atoms with Crippen LogP contribution in [0.2, 0.25) is 0 Å². The maximum Gasteiger partial charge on any atom is 0.392 e. The molecular formula is C14H24ClF3N2O2. The first-order chi connectivity index (χ1) is 9.83. The molecule has 0 spiro atoms. The van der Waals surface area contributed by atoms with Crippen molar-refractivity contribution >= 4 is 18.3 Å². The highest BCUT2D eigenvalue weighted by molar-refractivity contribution is 5.86. The van der Waals surface area contributed by atoms with Crippen LogP contribution >= 0.6 is 12.4 Å². The van der Waals surface area contributed by atoms with Gasteiger partial charge in [0, 0.05) is 19.8 Å². The summed E-state index contributed by atoms with van der Waals surface area (Å²) < 4.78 is 44.1. The van der Waals surface area contributed by atoms with E-state index in [1.165, 1.54) is 0 Å². The Morgan fingerprint density at radius 1 is 1.23 bits per heavy atom. The SMILES string of the molecule is Cl.NC1(C(=O)NCC2CCCCC2C(F)(F)F)CCOCC1. The smallest absolute Gasteiger partial charge is 0.381 e. The van der Waals surface area contributed by atoms with E-state index < -0.39 is 23.6 Å². The Labute approximate surface area is 134 Å². The summed E-state index contributed by atoms with van der Waals surface area (Å²) >= 11 is 0. The molecule has 8 heteroatoms. The molecule has 1 aliphatic heterocycles. The maximum atomic E-state index is 13.0. The second-order valence-electron chi connectivity index (χ2n) is 6.17. The third kappa shape index (κ3) is 4.73. The number of rotatable bonds is 3. The number of ether oxygens (including phenoxy) is 1. The van der Waals surface area contributed by atoms with Crippen molar-refractivity contribution in [3.8, 4) is 0 Å². The van der Waals surface area contributed by atoms with Crippen LogP contribution < -0.4 is 11.1 Å². The Balaban J connectivity index is 0.00000242. The second-order valence-corrected chi connectivity index (χ2v) is 6.17. The van der Waals surface area contributed by atoms with Gasteiger partial charge in [0.2, 0.25) is 5.91 Å². The summed E-state index contributed by atoms with van der Waals surface area (Å²) in [5.41, 5.74) is 5.03. The van der Waals surface area contributed by atoms with Crippen LogP contribution in [-0.2, 0) is 9.53 Å². The van der Waals surface area contributed by atoms with Crippen LogP contribution in [0.25, 0.3) is 0 Å². The monoisotopic (exact) mass is 344 g/mol. The molecule has 0 aromatic heterocycles. The average molecular weight is 345 g/mol. The van der Waals surface area contributed by atoms with Crippen molar-refractivity contribution in [2.24, 2.45) is 17.6 Å². The number of nitrogens with two attached hydrogens (primary N) is 1. The molecule has 22 heavy (non-hydrogen) atoms. The van der Waals surface area contributed by atoms with E-state index in [1.807, 2.05) is 0 Å². The number of hydrogen-bond donors (Lipinski definition) is 2. The van der Waals surface area contributed by atoms with E-state index >= 15 is 0 Å². The standard InChI is InChI=1S/C14H23F3N2O2.ClH/c15-14(16,17)11-4-2-1-3-10(11)9-19-12(20)13(18)5-7-21-8-6-13;/h10-11H,1-9,18H2,(H,19,20);1H. The number of carbonyl (C=O) groups excluding carboxylic acids is 1. The zero-order valence-corrected chi connectivity index (χ0v) is 13.3. The summed E-state index contributed by atoms with van der Waals surface area (Å²) in [4.78, 5) is 12.1. The first-order valence-electron chi connectivity index (χ1n) is 7.54. The molecular weight excluding hydrogens is 321 g/mol. The van der Waals surface area contributed by atoms with Crippen molar-refractivity contribution in [2.75, 3.05) is 19.8 Å². The lowest BCUT2D eigenvalue weighted by molar-refractivity contribution is -0.196. The van der Waals surface area contributed by atoms with Gasteiger partial charge in [-0.1, -0.05) is 12.8 Å². The molecule has 2 unspecified atom stereocenters. The van der Waals surface area contributed by atoms with Gasteiger partial charge in [0.05, 0.1) is 11.5 Å². The summed E-state index contributed by atoms with van der Waals surface area (Å²) in [6.45, 7) is 0.889. The van der Waals surface area contributed by atoms with E-state index in [4.69, 9.17) is 10.5 Å². The number of amides is 1. The van der Waals surface area contributed by atoms with Gasteiger partial charge in [-0.25, -0.2) is 0 Å². The van der Waals surface area contributed by atoms with Crippen LogP contribution in [0.4, 0.5) is 13.2 Å². The van der Waals surface area contributed by atoms with Crippen molar-refractivity contribution in [3.63, 3.8) is 0 Å². The Hall–Kier alpha value is -0.530. The highest BCUT2D eigenvalue weighted by Crippen LogP contribution is 2.41. The van der Waals surface area contributed by atoms with Crippen molar-refractivity contribution in [3.05, 3.63) is 0 Å². The average Bonchev–Trinajstić information content (AvgIpc) is 2.45. The summed E-state index contributed by atoms with van der Waals surface area (Å²) in [7, 11) is 0. The van der Waals surface area contributed by atoms with Gasteiger partial charge in [-0.2, -0.15) is 13.2 Å². The minimum atomic E-state index is -4.19. The molecule has 0 aromatic carbocycles. The molecule has 2 rings (SSSR count). The number of hydrogen-bond acceptors (Lipinski definition) is 3. The van der Waals surface area contributed by atoms with Crippen LogP contribution in [0.5, 0.6) is 0 Å². The molecule has 1 saturated heterocycles. The van der Waals surface area contributed by atoms with Gasteiger partial charge in [0.1, 0.15) is 0 Å². The summed E-state index contributed by atoms with van der Waals surface area (Å²) in [6.07, 6.45) is -1.31. The van der Waals surface area contributed by atoms with Crippen LogP contribution in [0, 0.1) is 11.8 Å². The minimum Gasteiger partial charge on any atom is -0.381 e. The molecule has 0 aromatic rings. The van der Waals surface area contributed by atoms with Gasteiger partial charge < -0.3 is 15.8 Å². The van der Waals surface area contributed by atoms with Crippen LogP contribution in [0.15, 0.2) is 0 Å². The summed E-state index contributed by atoms with van der Waals surface area (Å²) in [5, 5.41) is 2.65. The van der Waals surface area contributed by atoms with Gasteiger partial charge in [-0.15, -0.1) is 12.4 Å². The van der Waals surface area contributed by atoms with Gasteiger partial charge in [-0.3, -0.25) is 4.79 Å². The predicted molar refractivity (Wildman–Crippen MR) is 78.7 cm³/mol. The minimum absolute atomic E-state index is 0. The molecule has 1 heterocycles. The van der Waals surface area contributed by atoms with Crippen LogP contribution in [0.3, 0.4) is 0 Å². The molecule has 1 saturated carbocycles. The fourth-order valence-corrected chi connectivity index (χ4v) is 3.25. The lowest BCUT2D eigenvalue weighted by Crippen LogP contribution is -2.57. The van der Waals surface area contributed by atoms with E-state index in [0.717, 1.165) is 6.42 Å². The largest absolute Gasteiger partial charge is 0.392 e. The summed E-state index contributed by atoms with van der Waals surface area (Å²) in [5.74, 6) is -2.20. The van der Waals surface area contributed by atoms with Crippen molar-refractivity contribution in [2.45, 2.75) is 50.2 Å². The second kappa shape index (κ2) is 7.84. The van der Waals surface area contributed by atoms with E-state index in [9.17, 15) is 18.0 Å². The highest BCUT2D eigenvalue weighted by Gasteiger charge is 2.45. The number of alkyl halides is 3. The molecule has 1 amide bonds. The molecule has 1 aliphatic carbocycles. The third-order valence-corrected chi connectivity index (χ3v) is 4.69. The maximum absolute atomic E-state index is 13.0. The number of nitrogens with one attached hydrogen (secondary N) is 1. The Morgan fingerprint density at radius 2 is 1.82 bits per heavy atom. The normalized spacial score (nSPS) is 28.5. The van der Waals surface area contributed by atoms with Crippen molar-refractivity contribution in [1.82, 2.24) is 5.32 Å². The fraction of sp³-hybridized carbons (Fsp3) is 0.929. The molecule has 2 atom stereocenters. The fourth-order valence-electron chi connectivity index (χ4n) is 3.25. The third-order valence-electron chi connectivity index (χ3n) is 4.69. The van der Waals surface area contributed by atoms with Crippen LogP contribution in [-0.4, -0.2) is 37.4 Å². The Kier molecular flexibility index (Phi) is 6.95. The van der Waals surface area contributed by atoms with Crippen molar-refractivity contribution < 1.29 is 22.7 Å². The molecule has 2 fully saturated rings. The predicted octanol–water partition coefficient (Wildman–Crippen LogP) is 2.40. The number of halogens is 4. The first-order valence-corrected chi connectivity index (χ1v) is 7.54. The zero-order valence-electron chi connectivity index (χ0n) is 12.5. The van der Waals surface area contributed by atoms with Gasteiger partial charge >= 0.3 is 6.18 Å². The van der Waals surface area contributed by atoms with Gasteiger partial charge in [-0.05, 0) is 31.6 Å². The zero-order chi connectivity index (χ0) is 15.5. The van der Waals surface area contributed by atoms with Crippen molar-refractivity contribution in [1.29, 1.82) is 0 Å².